The maximum atomic E-state index is 12.9. The van der Waals surface area contributed by atoms with Gasteiger partial charge in [0.05, 0.1) is 0 Å². The van der Waals surface area contributed by atoms with Crippen molar-refractivity contribution in [3.63, 3.8) is 0 Å². The van der Waals surface area contributed by atoms with E-state index in [-0.39, 0.29) is 31.1 Å². The van der Waals surface area contributed by atoms with Gasteiger partial charge < -0.3 is 14.2 Å². The number of allylic oxidation sites excluding steroid dienone is 18. The van der Waals surface area contributed by atoms with Gasteiger partial charge >= 0.3 is 17.9 Å². The molecule has 0 aliphatic rings. The molecule has 0 radical (unpaired) electrons. The van der Waals surface area contributed by atoms with E-state index in [9.17, 15) is 14.4 Å². The number of carbonyl (C=O) groups excluding carboxylic acids is 3. The molecule has 0 amide bonds. The summed E-state index contributed by atoms with van der Waals surface area (Å²) in [4.78, 5) is 38.3. The summed E-state index contributed by atoms with van der Waals surface area (Å²) in [6.45, 7) is 6.38. The lowest BCUT2D eigenvalue weighted by atomic mass is 10.0. The Morgan fingerprint density at radius 3 is 0.818 bits per heavy atom. The SMILES string of the molecule is CC/C=C\C/C=C\C/C=C\C/C=C\CCCCC(=O)OCC(COC(=O)CCCCCCCCCCCCCCCCC/C=C\C/C=C\CCCCCCC)OC(=O)CCCCCCCCC/C=C\C/C=C\C/C=C\CC. The minimum atomic E-state index is -0.803. The highest BCUT2D eigenvalue weighted by Gasteiger charge is 2.19. The summed E-state index contributed by atoms with van der Waals surface area (Å²) in [5.74, 6) is -0.942. The molecule has 1 unspecified atom stereocenters. The Morgan fingerprint density at radius 1 is 0.273 bits per heavy atom. The Bertz CT molecular complexity index is 1560. The molecular weight excluding hydrogens is 949 g/mol. The lowest BCUT2D eigenvalue weighted by Gasteiger charge is -2.18. The summed E-state index contributed by atoms with van der Waals surface area (Å²) in [6, 6.07) is 0. The lowest BCUT2D eigenvalue weighted by Crippen LogP contribution is -2.30. The molecule has 6 nitrogen and oxygen atoms in total. The molecule has 0 N–H and O–H groups in total. The van der Waals surface area contributed by atoms with Gasteiger partial charge in [-0.05, 0) is 122 Å². The molecule has 0 bridgehead atoms. The smallest absolute Gasteiger partial charge is 0.306 e. The van der Waals surface area contributed by atoms with Gasteiger partial charge in [-0.2, -0.15) is 0 Å². The Balaban J connectivity index is 4.33. The van der Waals surface area contributed by atoms with Crippen molar-refractivity contribution in [3.05, 3.63) is 109 Å². The van der Waals surface area contributed by atoms with Crippen molar-refractivity contribution in [3.8, 4) is 0 Å². The zero-order valence-electron chi connectivity index (χ0n) is 50.4. The summed E-state index contributed by atoms with van der Waals surface area (Å²) < 4.78 is 16.9. The highest BCUT2D eigenvalue weighted by molar-refractivity contribution is 5.71. The van der Waals surface area contributed by atoms with Crippen molar-refractivity contribution >= 4 is 17.9 Å². The molecule has 0 rings (SSSR count). The number of ether oxygens (including phenoxy) is 3. The van der Waals surface area contributed by atoms with E-state index in [0.29, 0.717) is 19.3 Å². The topological polar surface area (TPSA) is 78.9 Å². The molecule has 440 valence electrons. The zero-order chi connectivity index (χ0) is 55.7. The van der Waals surface area contributed by atoms with E-state index < -0.39 is 6.10 Å². The molecular formula is C71H120O6. The first-order valence-electron chi connectivity index (χ1n) is 32.4. The number of unbranched alkanes of at least 4 members (excludes halogenated alkanes) is 29. The molecule has 6 heteroatoms. The summed E-state index contributed by atoms with van der Waals surface area (Å²) >= 11 is 0. The highest BCUT2D eigenvalue weighted by atomic mass is 16.6. The lowest BCUT2D eigenvalue weighted by molar-refractivity contribution is -0.167. The van der Waals surface area contributed by atoms with Crippen LogP contribution in [0.1, 0.15) is 303 Å². The zero-order valence-corrected chi connectivity index (χ0v) is 50.4. The van der Waals surface area contributed by atoms with Crippen LogP contribution >= 0.6 is 0 Å². The van der Waals surface area contributed by atoms with Crippen molar-refractivity contribution in [1.82, 2.24) is 0 Å². The molecule has 0 aliphatic heterocycles. The highest BCUT2D eigenvalue weighted by Crippen LogP contribution is 2.16. The fourth-order valence-electron chi connectivity index (χ4n) is 8.95. The summed E-state index contributed by atoms with van der Waals surface area (Å²) in [5, 5.41) is 0. The van der Waals surface area contributed by atoms with Gasteiger partial charge in [0, 0.05) is 19.3 Å². The third-order valence-electron chi connectivity index (χ3n) is 13.7. The maximum absolute atomic E-state index is 12.9. The van der Waals surface area contributed by atoms with Crippen LogP contribution in [0.2, 0.25) is 0 Å². The van der Waals surface area contributed by atoms with Gasteiger partial charge in [0.2, 0.25) is 0 Å². The normalized spacial score (nSPS) is 12.8. The van der Waals surface area contributed by atoms with Gasteiger partial charge in [-0.15, -0.1) is 0 Å². The number of esters is 3. The largest absolute Gasteiger partial charge is 0.462 e. The minimum absolute atomic E-state index is 0.0954. The first-order valence-corrected chi connectivity index (χ1v) is 32.4. The Hall–Kier alpha value is -3.93. The fourth-order valence-corrected chi connectivity index (χ4v) is 8.95. The third kappa shape index (κ3) is 62.8. The van der Waals surface area contributed by atoms with Crippen LogP contribution in [0.5, 0.6) is 0 Å². The molecule has 0 fully saturated rings. The molecule has 0 aromatic carbocycles. The van der Waals surface area contributed by atoms with Crippen molar-refractivity contribution < 1.29 is 28.6 Å². The van der Waals surface area contributed by atoms with Crippen LogP contribution < -0.4 is 0 Å². The van der Waals surface area contributed by atoms with Crippen molar-refractivity contribution in [1.29, 1.82) is 0 Å². The number of rotatable bonds is 58. The molecule has 1 atom stereocenters. The first kappa shape index (κ1) is 73.1. The monoisotopic (exact) mass is 1070 g/mol. The van der Waals surface area contributed by atoms with Gasteiger partial charge in [-0.1, -0.05) is 271 Å². The van der Waals surface area contributed by atoms with E-state index >= 15 is 0 Å². The van der Waals surface area contributed by atoms with Crippen LogP contribution in [0.3, 0.4) is 0 Å². The van der Waals surface area contributed by atoms with Gasteiger partial charge in [-0.25, -0.2) is 0 Å². The number of carbonyl (C=O) groups is 3. The van der Waals surface area contributed by atoms with E-state index in [0.717, 1.165) is 116 Å². The fraction of sp³-hybridized carbons (Fsp3) is 0.704. The molecule has 0 saturated heterocycles. The number of hydrogen-bond donors (Lipinski definition) is 0. The van der Waals surface area contributed by atoms with Crippen LogP contribution in [0.25, 0.3) is 0 Å². The second-order valence-corrected chi connectivity index (χ2v) is 21.3. The Morgan fingerprint density at radius 2 is 0.506 bits per heavy atom. The van der Waals surface area contributed by atoms with Crippen LogP contribution in [0.15, 0.2) is 109 Å². The first-order chi connectivity index (χ1) is 38.0. The standard InChI is InChI=1S/C71H120O6/c1-4-7-10-13-16-19-22-25-28-30-31-32-33-34-35-36-37-38-39-41-43-46-49-52-55-58-61-64-70(73)76-67-68(66-75-69(72)63-60-57-54-51-48-45-42-27-24-21-18-15-12-9-6-3)77-71(74)65-62-59-56-53-50-47-44-40-29-26-23-20-17-14-11-8-5-2/h8-9,11-12,17-18,20-22,25-27,29-31,42,48,51,68H,4-7,10,13-16,19,23-24,28,32-41,43-47,49-50,52-67H2,1-3H3/b11-8-,12-9-,20-17-,21-18-,25-22-,29-26-,31-30-,42-27-,51-48-. The van der Waals surface area contributed by atoms with E-state index in [1.54, 1.807) is 0 Å². The Labute approximate surface area is 476 Å². The van der Waals surface area contributed by atoms with Gasteiger partial charge in [0.15, 0.2) is 6.10 Å². The molecule has 0 saturated carbocycles. The minimum Gasteiger partial charge on any atom is -0.462 e. The summed E-state index contributed by atoms with van der Waals surface area (Å²) in [7, 11) is 0. The molecule has 0 aromatic rings. The second-order valence-electron chi connectivity index (χ2n) is 21.3. The van der Waals surface area contributed by atoms with Crippen molar-refractivity contribution in [2.75, 3.05) is 13.2 Å². The molecule has 0 aromatic heterocycles. The van der Waals surface area contributed by atoms with E-state index in [4.69, 9.17) is 14.2 Å². The molecule has 0 spiro atoms. The van der Waals surface area contributed by atoms with Gasteiger partial charge in [0.1, 0.15) is 13.2 Å². The molecule has 0 aliphatic carbocycles. The van der Waals surface area contributed by atoms with Crippen LogP contribution in [-0.4, -0.2) is 37.2 Å². The average Bonchev–Trinajstić information content (AvgIpc) is 3.43. The van der Waals surface area contributed by atoms with Gasteiger partial charge in [-0.3, -0.25) is 14.4 Å². The predicted molar refractivity (Wildman–Crippen MR) is 334 cm³/mol. The van der Waals surface area contributed by atoms with E-state index in [2.05, 4.69) is 130 Å². The van der Waals surface area contributed by atoms with Crippen molar-refractivity contribution in [2.24, 2.45) is 0 Å². The van der Waals surface area contributed by atoms with Gasteiger partial charge in [0.25, 0.3) is 0 Å². The Kier molecular flexibility index (Phi) is 61.3. The predicted octanol–water partition coefficient (Wildman–Crippen LogP) is 22.2. The summed E-state index contributed by atoms with van der Waals surface area (Å²) in [5.41, 5.74) is 0. The van der Waals surface area contributed by atoms with E-state index in [1.165, 1.54) is 148 Å². The molecule has 77 heavy (non-hydrogen) atoms. The average molecular weight is 1070 g/mol. The molecule has 0 heterocycles. The number of hydrogen-bond acceptors (Lipinski definition) is 6. The second kappa shape index (κ2) is 64.6. The van der Waals surface area contributed by atoms with E-state index in [1.807, 2.05) is 0 Å². The third-order valence-corrected chi connectivity index (χ3v) is 13.7. The quantitative estimate of drug-likeness (QED) is 0.0261. The summed E-state index contributed by atoms with van der Waals surface area (Å²) in [6.07, 6.45) is 88.2. The van der Waals surface area contributed by atoms with Crippen molar-refractivity contribution in [2.45, 2.75) is 309 Å². The van der Waals surface area contributed by atoms with Crippen LogP contribution in [0.4, 0.5) is 0 Å². The van der Waals surface area contributed by atoms with Crippen LogP contribution in [-0.2, 0) is 28.6 Å². The van der Waals surface area contributed by atoms with Crippen LogP contribution in [0, 0.1) is 0 Å². The maximum Gasteiger partial charge on any atom is 0.306 e.